The fourth-order valence-electron chi connectivity index (χ4n) is 2.55. The predicted octanol–water partition coefficient (Wildman–Crippen LogP) is 3.79. The Morgan fingerprint density at radius 2 is 1.75 bits per heavy atom. The Kier molecular flexibility index (Phi) is 6.46. The van der Waals surface area contributed by atoms with Gasteiger partial charge in [-0.3, -0.25) is 9.59 Å². The number of furan rings is 1. The molecule has 0 fully saturated rings. The maximum Gasteiger partial charge on any atom is 0.262 e. The zero-order valence-corrected chi connectivity index (χ0v) is 15.6. The highest BCUT2D eigenvalue weighted by atomic mass is 16.5. The van der Waals surface area contributed by atoms with E-state index in [1.807, 2.05) is 24.3 Å². The van der Waals surface area contributed by atoms with Crippen LogP contribution in [0.4, 0.5) is 5.69 Å². The number of anilines is 1. The average molecular weight is 378 g/mol. The Labute approximate surface area is 163 Å². The molecule has 0 saturated heterocycles. The highest BCUT2D eigenvalue weighted by Gasteiger charge is 2.08. The smallest absolute Gasteiger partial charge is 0.262 e. The van der Waals surface area contributed by atoms with Crippen molar-refractivity contribution in [3.8, 4) is 5.75 Å². The second kappa shape index (κ2) is 9.41. The van der Waals surface area contributed by atoms with Crippen LogP contribution in [0.1, 0.15) is 28.6 Å². The molecule has 0 saturated carbocycles. The molecule has 2 N–H and O–H groups in total. The first-order valence-corrected chi connectivity index (χ1v) is 9.06. The summed E-state index contributed by atoms with van der Waals surface area (Å²) in [7, 11) is 0. The highest BCUT2D eigenvalue weighted by molar-refractivity contribution is 5.96. The van der Waals surface area contributed by atoms with Crippen molar-refractivity contribution in [1.29, 1.82) is 0 Å². The van der Waals surface area contributed by atoms with Gasteiger partial charge in [0.1, 0.15) is 11.5 Å². The number of benzene rings is 2. The fraction of sp³-hybridized carbons (Fsp3) is 0.182. The number of hydrogen-bond donors (Lipinski definition) is 2. The van der Waals surface area contributed by atoms with Gasteiger partial charge in [-0.2, -0.15) is 0 Å². The van der Waals surface area contributed by atoms with E-state index in [9.17, 15) is 9.59 Å². The number of hydrogen-bond acceptors (Lipinski definition) is 4. The Bertz CT molecular complexity index is 901. The molecule has 0 unspecified atom stereocenters. The molecule has 3 aromatic rings. The van der Waals surface area contributed by atoms with E-state index in [2.05, 4.69) is 17.6 Å². The molecule has 2 aromatic carbocycles. The predicted molar refractivity (Wildman–Crippen MR) is 106 cm³/mol. The molecule has 0 bridgehead atoms. The van der Waals surface area contributed by atoms with Crippen molar-refractivity contribution in [1.82, 2.24) is 5.32 Å². The quantitative estimate of drug-likeness (QED) is 0.625. The molecule has 0 aliphatic heterocycles. The number of aryl methyl sites for hydroxylation is 1. The van der Waals surface area contributed by atoms with E-state index in [1.54, 1.807) is 42.7 Å². The van der Waals surface area contributed by atoms with Crippen LogP contribution >= 0.6 is 0 Å². The monoisotopic (exact) mass is 378 g/mol. The molecule has 2 amide bonds. The van der Waals surface area contributed by atoms with Crippen LogP contribution in [0.25, 0.3) is 0 Å². The Morgan fingerprint density at radius 1 is 1.00 bits per heavy atom. The summed E-state index contributed by atoms with van der Waals surface area (Å²) in [5, 5.41) is 5.51. The van der Waals surface area contributed by atoms with Crippen LogP contribution in [0.3, 0.4) is 0 Å². The lowest BCUT2D eigenvalue weighted by Gasteiger charge is -2.09. The van der Waals surface area contributed by atoms with E-state index in [-0.39, 0.29) is 18.4 Å². The largest absolute Gasteiger partial charge is 0.484 e. The van der Waals surface area contributed by atoms with Crippen LogP contribution in [0.5, 0.6) is 5.75 Å². The molecular formula is C22H22N2O4. The highest BCUT2D eigenvalue weighted by Crippen LogP contribution is 2.13. The van der Waals surface area contributed by atoms with Crippen molar-refractivity contribution in [2.45, 2.75) is 19.9 Å². The lowest BCUT2D eigenvalue weighted by atomic mass is 10.2. The third-order valence-corrected chi connectivity index (χ3v) is 4.14. The summed E-state index contributed by atoms with van der Waals surface area (Å²) >= 11 is 0. The second-order valence-electron chi connectivity index (χ2n) is 6.17. The number of nitrogens with one attached hydrogen (secondary N) is 2. The van der Waals surface area contributed by atoms with Gasteiger partial charge in [0.2, 0.25) is 0 Å². The van der Waals surface area contributed by atoms with Crippen LogP contribution < -0.4 is 15.4 Å². The molecule has 0 radical (unpaired) electrons. The summed E-state index contributed by atoms with van der Waals surface area (Å²) in [5.41, 5.74) is 2.31. The third kappa shape index (κ3) is 5.48. The number of carbonyl (C=O) groups is 2. The van der Waals surface area contributed by atoms with Crippen LogP contribution in [0.2, 0.25) is 0 Å². The van der Waals surface area contributed by atoms with Crippen molar-refractivity contribution in [2.24, 2.45) is 0 Å². The topological polar surface area (TPSA) is 80.6 Å². The van der Waals surface area contributed by atoms with Gasteiger partial charge in [0.15, 0.2) is 6.61 Å². The Morgan fingerprint density at radius 3 is 2.39 bits per heavy atom. The van der Waals surface area contributed by atoms with Crippen LogP contribution in [-0.2, 0) is 17.8 Å². The lowest BCUT2D eigenvalue weighted by molar-refractivity contribution is -0.118. The van der Waals surface area contributed by atoms with Crippen molar-refractivity contribution in [3.05, 3.63) is 83.8 Å². The minimum Gasteiger partial charge on any atom is -0.484 e. The van der Waals surface area contributed by atoms with E-state index in [4.69, 9.17) is 9.15 Å². The summed E-state index contributed by atoms with van der Waals surface area (Å²) < 4.78 is 10.7. The van der Waals surface area contributed by atoms with Crippen molar-refractivity contribution in [3.63, 3.8) is 0 Å². The van der Waals surface area contributed by atoms with E-state index < -0.39 is 0 Å². The number of carbonyl (C=O) groups excluding carboxylic acids is 2. The van der Waals surface area contributed by atoms with Gasteiger partial charge in [-0.15, -0.1) is 0 Å². The van der Waals surface area contributed by atoms with E-state index >= 15 is 0 Å². The third-order valence-electron chi connectivity index (χ3n) is 4.14. The van der Waals surface area contributed by atoms with Crippen LogP contribution in [-0.4, -0.2) is 18.4 Å². The molecule has 144 valence electrons. The van der Waals surface area contributed by atoms with Crippen molar-refractivity contribution < 1.29 is 18.7 Å². The molecule has 0 aliphatic rings. The molecule has 3 rings (SSSR count). The van der Waals surface area contributed by atoms with Gasteiger partial charge in [-0.05, 0) is 60.5 Å². The molecule has 28 heavy (non-hydrogen) atoms. The summed E-state index contributed by atoms with van der Waals surface area (Å²) in [5.74, 6) is 0.847. The lowest BCUT2D eigenvalue weighted by Crippen LogP contribution is -2.23. The minimum absolute atomic E-state index is 0.0865. The number of ether oxygens (including phenoxy) is 1. The normalized spacial score (nSPS) is 10.3. The molecule has 1 aromatic heterocycles. The van der Waals surface area contributed by atoms with Gasteiger partial charge in [0.25, 0.3) is 11.8 Å². The molecule has 1 heterocycles. The van der Waals surface area contributed by atoms with E-state index in [1.165, 1.54) is 5.56 Å². The fourth-order valence-corrected chi connectivity index (χ4v) is 2.55. The molecular weight excluding hydrogens is 356 g/mol. The average Bonchev–Trinajstić information content (AvgIpc) is 3.25. The molecule has 6 nitrogen and oxygen atoms in total. The van der Waals surface area contributed by atoms with Gasteiger partial charge in [-0.1, -0.05) is 19.1 Å². The maximum atomic E-state index is 12.1. The van der Waals surface area contributed by atoms with Crippen LogP contribution in [0, 0.1) is 0 Å². The van der Waals surface area contributed by atoms with Gasteiger partial charge in [0.05, 0.1) is 12.8 Å². The Hall–Kier alpha value is -3.54. The maximum absolute atomic E-state index is 12.1. The van der Waals surface area contributed by atoms with Gasteiger partial charge in [0, 0.05) is 11.3 Å². The van der Waals surface area contributed by atoms with Gasteiger partial charge < -0.3 is 19.8 Å². The molecule has 6 heteroatoms. The van der Waals surface area contributed by atoms with Crippen molar-refractivity contribution in [2.75, 3.05) is 11.9 Å². The Balaban J connectivity index is 1.46. The SMILES string of the molecule is CCc1ccc(OCC(=O)Nc2ccc(C(=O)NCc3ccco3)cc2)cc1. The summed E-state index contributed by atoms with van der Waals surface area (Å²) in [6.07, 6.45) is 2.51. The summed E-state index contributed by atoms with van der Waals surface area (Å²) in [4.78, 5) is 24.2. The zero-order valence-electron chi connectivity index (χ0n) is 15.6. The summed E-state index contributed by atoms with van der Waals surface area (Å²) in [6.45, 7) is 2.31. The zero-order chi connectivity index (χ0) is 19.8. The number of amides is 2. The van der Waals surface area contributed by atoms with Crippen LogP contribution in [0.15, 0.2) is 71.3 Å². The standard InChI is InChI=1S/C22H22N2O4/c1-2-16-5-11-19(12-6-16)28-15-21(25)24-18-9-7-17(8-10-18)22(26)23-14-20-4-3-13-27-20/h3-13H,2,14-15H2,1H3,(H,23,26)(H,24,25). The minimum atomic E-state index is -0.269. The first kappa shape index (κ1) is 19.2. The summed E-state index contributed by atoms with van der Waals surface area (Å²) in [6, 6.07) is 17.9. The first-order valence-electron chi connectivity index (χ1n) is 9.06. The second-order valence-corrected chi connectivity index (χ2v) is 6.17. The van der Waals surface area contributed by atoms with Crippen molar-refractivity contribution >= 4 is 17.5 Å². The van der Waals surface area contributed by atoms with Gasteiger partial charge >= 0.3 is 0 Å². The molecule has 0 atom stereocenters. The van der Waals surface area contributed by atoms with Gasteiger partial charge in [-0.25, -0.2) is 0 Å². The number of rotatable bonds is 8. The molecule has 0 spiro atoms. The van der Waals surface area contributed by atoms with E-state index in [0.717, 1.165) is 6.42 Å². The van der Waals surface area contributed by atoms with E-state index in [0.29, 0.717) is 29.3 Å². The first-order chi connectivity index (χ1) is 13.6. The molecule has 0 aliphatic carbocycles.